The van der Waals surface area contributed by atoms with E-state index in [1.165, 1.54) is 6.08 Å². The molecule has 6 nitrogen and oxygen atoms in total. The molecule has 1 saturated heterocycles. The summed E-state index contributed by atoms with van der Waals surface area (Å²) in [6.45, 7) is 0.524. The summed E-state index contributed by atoms with van der Waals surface area (Å²) >= 11 is 0. The molecule has 2 N–H and O–H groups in total. The van der Waals surface area contributed by atoms with E-state index in [0.29, 0.717) is 25.8 Å². The van der Waals surface area contributed by atoms with Crippen LogP contribution in [0.4, 0.5) is 13.2 Å². The third kappa shape index (κ3) is 6.40. The fourth-order valence-electron chi connectivity index (χ4n) is 3.15. The lowest BCUT2D eigenvalue weighted by Gasteiger charge is -2.22. The second kappa shape index (κ2) is 9.77. The van der Waals surface area contributed by atoms with E-state index in [0.717, 1.165) is 31.4 Å². The molecule has 0 aliphatic carbocycles. The molecule has 28 heavy (non-hydrogen) atoms. The minimum atomic E-state index is -4.61. The average molecular weight is 403 g/mol. The minimum absolute atomic E-state index is 0.00738. The molecule has 1 fully saturated rings. The highest BCUT2D eigenvalue weighted by atomic mass is 19.4. The maximum absolute atomic E-state index is 12.6. The van der Waals surface area contributed by atoms with Crippen molar-refractivity contribution < 1.29 is 37.4 Å². The first-order chi connectivity index (χ1) is 13.2. The number of halogens is 3. The summed E-state index contributed by atoms with van der Waals surface area (Å²) in [6, 6.07) is 1.62. The number of aliphatic hydroxyl groups excluding tert-OH is 1. The Hall–Kier alpha value is -2.29. The number of nitrogens with zero attached hydrogens (tertiary/aromatic N) is 1. The molecule has 2 rings (SSSR count). The van der Waals surface area contributed by atoms with Crippen LogP contribution in [0.25, 0.3) is 0 Å². The van der Waals surface area contributed by atoms with E-state index < -0.39 is 24.0 Å². The molecular weight excluding hydrogens is 379 g/mol. The number of likely N-dealkylation sites (tertiary alicyclic amines) is 1. The number of carbonyl (C=O) groups is 2. The van der Waals surface area contributed by atoms with Crippen LogP contribution in [-0.2, 0) is 15.8 Å². The van der Waals surface area contributed by atoms with Gasteiger partial charge in [0.1, 0.15) is 11.9 Å². The summed E-state index contributed by atoms with van der Waals surface area (Å²) in [5, 5.41) is 18.6. The Balaban J connectivity index is 1.84. The molecule has 0 aromatic carbocycles. The fourth-order valence-corrected chi connectivity index (χ4v) is 3.15. The van der Waals surface area contributed by atoms with Crippen molar-refractivity contribution in [2.75, 3.05) is 6.54 Å². The van der Waals surface area contributed by atoms with E-state index in [2.05, 4.69) is 4.42 Å². The van der Waals surface area contributed by atoms with Gasteiger partial charge in [-0.25, -0.2) is 0 Å². The number of aliphatic hydroxyl groups is 1. The van der Waals surface area contributed by atoms with Crippen LogP contribution in [0.5, 0.6) is 0 Å². The van der Waals surface area contributed by atoms with E-state index in [-0.39, 0.29) is 24.1 Å². The normalized spacial score (nSPS) is 18.9. The Labute approximate surface area is 160 Å². The van der Waals surface area contributed by atoms with E-state index in [9.17, 15) is 27.9 Å². The van der Waals surface area contributed by atoms with Crippen LogP contribution < -0.4 is 0 Å². The molecule has 0 spiro atoms. The van der Waals surface area contributed by atoms with Crippen LogP contribution in [0.1, 0.15) is 62.6 Å². The Morgan fingerprint density at radius 2 is 2.00 bits per heavy atom. The van der Waals surface area contributed by atoms with Crippen molar-refractivity contribution in [3.05, 3.63) is 35.8 Å². The van der Waals surface area contributed by atoms with Gasteiger partial charge in [0, 0.05) is 19.4 Å². The van der Waals surface area contributed by atoms with Gasteiger partial charge in [-0.05, 0) is 31.4 Å². The number of aliphatic carboxylic acids is 1. The summed E-state index contributed by atoms with van der Waals surface area (Å²) in [5.74, 6) is -2.21. The molecule has 156 valence electrons. The molecule has 2 heterocycles. The number of carboxylic acids is 1. The van der Waals surface area contributed by atoms with E-state index >= 15 is 0 Å². The first kappa shape index (κ1) is 22.0. The zero-order valence-electron chi connectivity index (χ0n) is 15.3. The number of furan rings is 1. The number of alkyl halides is 3. The van der Waals surface area contributed by atoms with E-state index in [1.54, 1.807) is 11.0 Å². The second-order valence-corrected chi connectivity index (χ2v) is 6.78. The minimum Gasteiger partial charge on any atom is -0.481 e. The van der Waals surface area contributed by atoms with Crippen LogP contribution in [0, 0.1) is 0 Å². The summed E-state index contributed by atoms with van der Waals surface area (Å²) in [7, 11) is 0. The maximum atomic E-state index is 12.6. The van der Waals surface area contributed by atoms with Crippen LogP contribution >= 0.6 is 0 Å². The molecule has 2 atom stereocenters. The number of rotatable bonds is 10. The lowest BCUT2D eigenvalue weighted by molar-refractivity contribution is -0.153. The lowest BCUT2D eigenvalue weighted by atomic mass is 10.1. The van der Waals surface area contributed by atoms with Crippen molar-refractivity contribution in [2.24, 2.45) is 0 Å². The van der Waals surface area contributed by atoms with Gasteiger partial charge in [-0.2, -0.15) is 13.2 Å². The SMILES string of the molecule is O=C(O)CCCCCCN1C(=O)CCC1/C=C/[C@@H](O)c1ccc(C(F)(F)F)o1. The van der Waals surface area contributed by atoms with Crippen molar-refractivity contribution in [1.29, 1.82) is 0 Å². The Kier molecular flexibility index (Phi) is 7.68. The quantitative estimate of drug-likeness (QED) is 0.457. The monoisotopic (exact) mass is 403 g/mol. The first-order valence-electron chi connectivity index (χ1n) is 9.23. The zero-order chi connectivity index (χ0) is 20.7. The van der Waals surface area contributed by atoms with Crippen molar-refractivity contribution in [3.8, 4) is 0 Å². The van der Waals surface area contributed by atoms with Crippen LogP contribution in [0.2, 0.25) is 0 Å². The van der Waals surface area contributed by atoms with Crippen molar-refractivity contribution >= 4 is 11.9 Å². The fraction of sp³-hybridized carbons (Fsp3) is 0.579. The molecule has 0 radical (unpaired) electrons. The molecule has 0 bridgehead atoms. The van der Waals surface area contributed by atoms with Gasteiger partial charge in [0.2, 0.25) is 11.7 Å². The molecule has 1 aliphatic heterocycles. The third-order valence-electron chi connectivity index (χ3n) is 4.63. The number of carbonyl (C=O) groups excluding carboxylic acids is 1. The Bertz CT molecular complexity index is 698. The van der Waals surface area contributed by atoms with Gasteiger partial charge in [0.15, 0.2) is 0 Å². The number of amides is 1. The zero-order valence-corrected chi connectivity index (χ0v) is 15.3. The van der Waals surface area contributed by atoms with Crippen molar-refractivity contribution in [3.63, 3.8) is 0 Å². The van der Waals surface area contributed by atoms with Gasteiger partial charge in [0.25, 0.3) is 0 Å². The van der Waals surface area contributed by atoms with Gasteiger partial charge >= 0.3 is 12.1 Å². The average Bonchev–Trinajstić information content (AvgIpc) is 3.23. The van der Waals surface area contributed by atoms with Crippen LogP contribution in [0.15, 0.2) is 28.7 Å². The largest absolute Gasteiger partial charge is 0.481 e. The molecular formula is C19H24F3NO5. The van der Waals surface area contributed by atoms with Gasteiger partial charge in [-0.3, -0.25) is 9.59 Å². The van der Waals surface area contributed by atoms with Crippen molar-refractivity contribution in [2.45, 2.75) is 63.3 Å². The van der Waals surface area contributed by atoms with Crippen LogP contribution in [0.3, 0.4) is 0 Å². The maximum Gasteiger partial charge on any atom is 0.449 e. The highest BCUT2D eigenvalue weighted by Gasteiger charge is 2.35. The van der Waals surface area contributed by atoms with Gasteiger partial charge in [0.05, 0.1) is 6.04 Å². The number of unbranched alkanes of at least 4 members (excludes halogenated alkanes) is 3. The summed E-state index contributed by atoms with van der Waals surface area (Å²) in [5.41, 5.74) is 0. The van der Waals surface area contributed by atoms with E-state index in [1.807, 2.05) is 0 Å². The summed E-state index contributed by atoms with van der Waals surface area (Å²) in [4.78, 5) is 24.2. The molecule has 1 unspecified atom stereocenters. The molecule has 1 aromatic heterocycles. The predicted molar refractivity (Wildman–Crippen MR) is 93.3 cm³/mol. The van der Waals surface area contributed by atoms with Gasteiger partial charge in [-0.1, -0.05) is 25.0 Å². The number of carboxylic acid groups (broad SMARTS) is 1. The van der Waals surface area contributed by atoms with Crippen molar-refractivity contribution in [1.82, 2.24) is 4.90 Å². The molecule has 1 amide bonds. The molecule has 0 saturated carbocycles. The van der Waals surface area contributed by atoms with Gasteiger partial charge in [-0.15, -0.1) is 0 Å². The van der Waals surface area contributed by atoms with E-state index in [4.69, 9.17) is 5.11 Å². The predicted octanol–water partition coefficient (Wildman–Crippen LogP) is 3.91. The Morgan fingerprint density at radius 3 is 2.64 bits per heavy atom. The first-order valence-corrected chi connectivity index (χ1v) is 9.23. The summed E-state index contributed by atoms with van der Waals surface area (Å²) < 4.78 is 42.3. The van der Waals surface area contributed by atoms with Gasteiger partial charge < -0.3 is 19.5 Å². The Morgan fingerprint density at radius 1 is 1.29 bits per heavy atom. The number of hydrogen-bond donors (Lipinski definition) is 2. The van der Waals surface area contributed by atoms with Crippen LogP contribution in [-0.4, -0.2) is 39.6 Å². The molecule has 1 aromatic rings. The standard InChI is InChI=1S/C19H24F3NO5/c20-19(21,22)16-10-9-15(28-16)14(24)8-6-13-7-11-17(25)23(13)12-4-2-1-3-5-18(26)27/h6,8-10,13-14,24H,1-5,7,11-12H2,(H,26,27)/b8-6+/t13?,14-/m1/s1. The number of hydrogen-bond acceptors (Lipinski definition) is 4. The summed E-state index contributed by atoms with van der Waals surface area (Å²) in [6.07, 6.45) is 1.03. The smallest absolute Gasteiger partial charge is 0.449 e. The molecule has 1 aliphatic rings. The molecule has 9 heteroatoms. The topological polar surface area (TPSA) is 91.0 Å². The highest BCUT2D eigenvalue weighted by Crippen LogP contribution is 2.32. The second-order valence-electron chi connectivity index (χ2n) is 6.78. The third-order valence-corrected chi connectivity index (χ3v) is 4.63. The lowest BCUT2D eigenvalue weighted by Crippen LogP contribution is -2.32. The highest BCUT2D eigenvalue weighted by molar-refractivity contribution is 5.79.